The van der Waals surface area contributed by atoms with Gasteiger partial charge >= 0.3 is 18.1 Å². The van der Waals surface area contributed by atoms with E-state index in [4.69, 9.17) is 14.6 Å². The zero-order valence-electron chi connectivity index (χ0n) is 12.0. The van der Waals surface area contributed by atoms with Gasteiger partial charge in [0.15, 0.2) is 0 Å². The van der Waals surface area contributed by atoms with Gasteiger partial charge in [0.25, 0.3) is 0 Å². The Morgan fingerprint density at radius 2 is 1.83 bits per heavy atom. The zero-order chi connectivity index (χ0) is 17.0. The molecule has 0 spiro atoms. The summed E-state index contributed by atoms with van der Waals surface area (Å²) >= 11 is 0. The molecule has 8 heteroatoms. The Morgan fingerprint density at radius 3 is 2.30 bits per heavy atom. The van der Waals surface area contributed by atoms with Gasteiger partial charge in [0.05, 0.1) is 0 Å². The fourth-order valence-electron chi connectivity index (χ4n) is 2.33. The third-order valence-electron chi connectivity index (χ3n) is 3.63. The second kappa shape index (κ2) is 6.99. The summed E-state index contributed by atoms with van der Waals surface area (Å²) in [5, 5.41) is 10.4. The van der Waals surface area contributed by atoms with Crippen molar-refractivity contribution in [1.29, 1.82) is 0 Å². The number of carboxylic acid groups (broad SMARTS) is 1. The van der Waals surface area contributed by atoms with E-state index in [-0.39, 0.29) is 12.0 Å². The van der Waals surface area contributed by atoms with Crippen LogP contribution in [-0.4, -0.2) is 35.3 Å². The Kier molecular flexibility index (Phi) is 5.25. The van der Waals surface area contributed by atoms with Crippen LogP contribution < -0.4 is 5.32 Å². The van der Waals surface area contributed by atoms with E-state index in [0.29, 0.717) is 12.6 Å². The maximum atomic E-state index is 11.7. The maximum Gasteiger partial charge on any atom is 0.490 e. The first-order valence-electron chi connectivity index (χ1n) is 7.04. The van der Waals surface area contributed by atoms with Gasteiger partial charge in [-0.15, -0.1) is 0 Å². The van der Waals surface area contributed by atoms with Crippen LogP contribution in [0.25, 0.3) is 0 Å². The number of benzene rings is 1. The number of nitrogens with one attached hydrogen (secondary N) is 1. The summed E-state index contributed by atoms with van der Waals surface area (Å²) in [7, 11) is 0. The molecular weight excluding hydrogens is 315 g/mol. The fraction of sp³-hybridized carbons (Fsp3) is 0.467. The first-order chi connectivity index (χ1) is 10.8. The number of rotatable bonds is 3. The van der Waals surface area contributed by atoms with Crippen LogP contribution in [0.1, 0.15) is 18.4 Å². The number of esters is 1. The molecular formula is C15H16F3NO4. The van der Waals surface area contributed by atoms with E-state index < -0.39 is 12.1 Å². The van der Waals surface area contributed by atoms with E-state index in [2.05, 4.69) is 5.32 Å². The molecule has 2 aliphatic rings. The van der Waals surface area contributed by atoms with Gasteiger partial charge in [0, 0.05) is 6.04 Å². The highest BCUT2D eigenvalue weighted by Gasteiger charge is 2.48. The van der Waals surface area contributed by atoms with Crippen LogP contribution in [0.3, 0.4) is 0 Å². The average molecular weight is 331 g/mol. The lowest BCUT2D eigenvalue weighted by Crippen LogP contribution is -2.35. The molecule has 1 aromatic carbocycles. The molecule has 3 atom stereocenters. The minimum absolute atomic E-state index is 0.0625. The third kappa shape index (κ3) is 5.24. The van der Waals surface area contributed by atoms with Crippen LogP contribution in [0, 0.1) is 5.92 Å². The van der Waals surface area contributed by atoms with E-state index in [0.717, 1.165) is 17.9 Å². The molecule has 23 heavy (non-hydrogen) atoms. The van der Waals surface area contributed by atoms with Crippen LogP contribution in [-0.2, 0) is 20.9 Å². The zero-order valence-corrected chi connectivity index (χ0v) is 12.0. The summed E-state index contributed by atoms with van der Waals surface area (Å²) in [6, 6.07) is 10.3. The van der Waals surface area contributed by atoms with Crippen molar-refractivity contribution in [1.82, 2.24) is 5.32 Å². The molecule has 5 nitrogen and oxygen atoms in total. The fourth-order valence-corrected chi connectivity index (χ4v) is 2.33. The topological polar surface area (TPSA) is 75.6 Å². The first kappa shape index (κ1) is 17.3. The Hall–Kier alpha value is -2.09. The molecule has 1 aromatic rings. The summed E-state index contributed by atoms with van der Waals surface area (Å²) in [4.78, 5) is 20.6. The molecule has 1 heterocycles. The largest absolute Gasteiger partial charge is 0.490 e. The Balaban J connectivity index is 0.000000236. The number of ether oxygens (including phenoxy) is 1. The number of hydrogen-bond acceptors (Lipinski definition) is 4. The predicted octanol–water partition coefficient (Wildman–Crippen LogP) is 2.11. The van der Waals surface area contributed by atoms with Crippen molar-refractivity contribution in [3.05, 3.63) is 35.9 Å². The van der Waals surface area contributed by atoms with Crippen LogP contribution >= 0.6 is 0 Å². The minimum atomic E-state index is -5.08. The Morgan fingerprint density at radius 1 is 1.22 bits per heavy atom. The molecule has 0 radical (unpaired) electrons. The normalized spacial score (nSPS) is 24.9. The van der Waals surface area contributed by atoms with E-state index in [1.807, 2.05) is 30.3 Å². The molecule has 1 saturated carbocycles. The van der Waals surface area contributed by atoms with Crippen LogP contribution in [0.2, 0.25) is 0 Å². The molecule has 0 unspecified atom stereocenters. The van der Waals surface area contributed by atoms with Crippen molar-refractivity contribution in [2.45, 2.75) is 37.7 Å². The summed E-state index contributed by atoms with van der Waals surface area (Å²) in [6.45, 7) is 0.382. The van der Waals surface area contributed by atoms with Crippen molar-refractivity contribution < 1.29 is 32.6 Å². The molecule has 0 aromatic heterocycles. The molecule has 0 amide bonds. The van der Waals surface area contributed by atoms with Crippen LogP contribution in [0.5, 0.6) is 0 Å². The number of halogens is 3. The van der Waals surface area contributed by atoms with Crippen molar-refractivity contribution in [2.24, 2.45) is 5.92 Å². The summed E-state index contributed by atoms with van der Waals surface area (Å²) in [5.74, 6) is -2.13. The number of fused-ring (bicyclic) bond motifs is 1. The number of carbonyl (C=O) groups excluding carboxylic acids is 1. The van der Waals surface area contributed by atoms with Gasteiger partial charge < -0.3 is 15.2 Å². The second-order valence-electron chi connectivity index (χ2n) is 5.45. The molecule has 126 valence electrons. The van der Waals surface area contributed by atoms with Gasteiger partial charge in [-0.2, -0.15) is 13.2 Å². The Labute approximate surface area is 130 Å². The van der Waals surface area contributed by atoms with Gasteiger partial charge in [-0.3, -0.25) is 4.79 Å². The van der Waals surface area contributed by atoms with E-state index in [1.165, 1.54) is 6.42 Å². The van der Waals surface area contributed by atoms with Gasteiger partial charge in [0.2, 0.25) is 0 Å². The lowest BCUT2D eigenvalue weighted by molar-refractivity contribution is -0.192. The number of hydrogen-bond donors (Lipinski definition) is 2. The summed E-state index contributed by atoms with van der Waals surface area (Å²) in [5.41, 5.74) is 1.04. The number of carbonyl (C=O) groups is 2. The lowest BCUT2D eigenvalue weighted by Gasteiger charge is -2.12. The monoisotopic (exact) mass is 331 g/mol. The quantitative estimate of drug-likeness (QED) is 0.830. The minimum Gasteiger partial charge on any atom is -0.475 e. The van der Waals surface area contributed by atoms with E-state index in [9.17, 15) is 18.0 Å². The van der Waals surface area contributed by atoms with Gasteiger partial charge in [-0.1, -0.05) is 30.3 Å². The number of alkyl halides is 3. The molecule has 2 fully saturated rings. The van der Waals surface area contributed by atoms with E-state index in [1.54, 1.807) is 0 Å². The predicted molar refractivity (Wildman–Crippen MR) is 73.4 cm³/mol. The van der Waals surface area contributed by atoms with Gasteiger partial charge in [0.1, 0.15) is 12.6 Å². The van der Waals surface area contributed by atoms with Crippen LogP contribution in [0.4, 0.5) is 13.2 Å². The summed E-state index contributed by atoms with van der Waals surface area (Å²) in [6.07, 6.45) is -2.89. The molecule has 3 rings (SSSR count). The number of piperidine rings is 1. The molecule has 1 aliphatic heterocycles. The highest BCUT2D eigenvalue weighted by atomic mass is 19.4. The van der Waals surface area contributed by atoms with Crippen LogP contribution in [0.15, 0.2) is 30.3 Å². The van der Waals surface area contributed by atoms with Gasteiger partial charge in [-0.25, -0.2) is 4.79 Å². The molecule has 1 aliphatic carbocycles. The smallest absolute Gasteiger partial charge is 0.475 e. The van der Waals surface area contributed by atoms with E-state index >= 15 is 0 Å². The maximum absolute atomic E-state index is 11.7. The standard InChI is InChI=1S/C13H15NO2.C2HF3O2/c15-13(12-7-10-6-11(10)14-12)16-8-9-4-2-1-3-5-9;3-2(4,5)1(6)7/h1-5,10-12,14H,6-8H2;(H,6,7)/t10-,11-,12-;/m1./s1. The number of carboxylic acids is 1. The average Bonchev–Trinajstić information content (AvgIpc) is 3.11. The van der Waals surface area contributed by atoms with Crippen molar-refractivity contribution >= 4 is 11.9 Å². The van der Waals surface area contributed by atoms with Crippen molar-refractivity contribution in [2.75, 3.05) is 0 Å². The first-order valence-corrected chi connectivity index (χ1v) is 7.04. The second-order valence-corrected chi connectivity index (χ2v) is 5.45. The number of aliphatic carboxylic acids is 1. The highest BCUT2D eigenvalue weighted by molar-refractivity contribution is 5.76. The SMILES string of the molecule is O=C(O)C(F)(F)F.O=C(OCc1ccccc1)[C@H]1C[C@H]2C[C@H]2N1. The molecule has 2 N–H and O–H groups in total. The Bertz CT molecular complexity index is 552. The third-order valence-corrected chi connectivity index (χ3v) is 3.63. The molecule has 1 saturated heterocycles. The highest BCUT2D eigenvalue weighted by Crippen LogP contribution is 2.40. The lowest BCUT2D eigenvalue weighted by atomic mass is 10.2. The summed E-state index contributed by atoms with van der Waals surface area (Å²) < 4.78 is 37.0. The van der Waals surface area contributed by atoms with Gasteiger partial charge in [-0.05, 0) is 24.3 Å². The van der Waals surface area contributed by atoms with Crippen molar-refractivity contribution in [3.63, 3.8) is 0 Å². The van der Waals surface area contributed by atoms with Crippen molar-refractivity contribution in [3.8, 4) is 0 Å². The molecule has 0 bridgehead atoms.